The van der Waals surface area contributed by atoms with E-state index in [9.17, 15) is 33.6 Å². The van der Waals surface area contributed by atoms with Gasteiger partial charge in [-0.3, -0.25) is 9.35 Å². The highest BCUT2D eigenvalue weighted by atomic mass is 32.3. The van der Waals surface area contributed by atoms with Crippen LogP contribution >= 0.6 is 0 Å². The summed E-state index contributed by atoms with van der Waals surface area (Å²) in [5, 5.41) is 44.4. The summed E-state index contributed by atoms with van der Waals surface area (Å²) < 4.78 is 47.3. The second-order valence-electron chi connectivity index (χ2n) is 14.2. The number of unbranched alkanes of at least 4 members (excludes halogenated alkanes) is 17. The molecule has 0 saturated carbocycles. The van der Waals surface area contributed by atoms with E-state index in [4.69, 9.17) is 14.0 Å². The molecule has 13 heteroatoms. The monoisotopic (exact) mass is 775 g/mol. The molecule has 7 atom stereocenters. The van der Waals surface area contributed by atoms with Crippen molar-refractivity contribution in [1.29, 1.82) is 0 Å². The van der Waals surface area contributed by atoms with Gasteiger partial charge in [-0.1, -0.05) is 147 Å². The van der Waals surface area contributed by atoms with Gasteiger partial charge in [-0.05, 0) is 38.5 Å². The van der Waals surface area contributed by atoms with Crippen LogP contribution in [0, 0.1) is 0 Å². The first kappa shape index (κ1) is 49.3. The van der Waals surface area contributed by atoms with Crippen LogP contribution < -0.4 is 5.32 Å². The normalized spacial score (nSPS) is 22.3. The third-order valence-electron chi connectivity index (χ3n) is 9.43. The Morgan fingerprint density at radius 3 is 1.79 bits per heavy atom. The number of hydrogen-bond acceptors (Lipinski definition) is 10. The molecule has 0 aliphatic carbocycles. The van der Waals surface area contributed by atoms with Crippen molar-refractivity contribution in [2.45, 2.75) is 198 Å². The Morgan fingerprint density at radius 2 is 1.26 bits per heavy atom. The second-order valence-corrected chi connectivity index (χ2v) is 15.3. The predicted molar refractivity (Wildman–Crippen MR) is 208 cm³/mol. The topological polar surface area (TPSA) is 192 Å². The summed E-state index contributed by atoms with van der Waals surface area (Å²) >= 11 is 0. The molecule has 0 bridgehead atoms. The fourth-order valence-corrected chi connectivity index (χ4v) is 6.72. The van der Waals surface area contributed by atoms with Crippen LogP contribution in [-0.2, 0) is 28.9 Å². The van der Waals surface area contributed by atoms with E-state index in [0.29, 0.717) is 6.42 Å². The summed E-state index contributed by atoms with van der Waals surface area (Å²) in [6, 6.07) is -0.971. The zero-order chi connectivity index (χ0) is 39.2. The zero-order valence-corrected chi connectivity index (χ0v) is 33.4. The smallest absolute Gasteiger partial charge is 0.394 e. The minimum Gasteiger partial charge on any atom is -0.394 e. The summed E-state index contributed by atoms with van der Waals surface area (Å²) in [5.74, 6) is -0.332. The molecule has 1 rings (SSSR count). The maximum absolute atomic E-state index is 12.9. The molecule has 0 radical (unpaired) electrons. The summed E-state index contributed by atoms with van der Waals surface area (Å²) in [7, 11) is -5.09. The minimum absolute atomic E-state index is 0.162. The fourth-order valence-electron chi connectivity index (χ4n) is 6.21. The van der Waals surface area contributed by atoms with Gasteiger partial charge in [-0.25, -0.2) is 4.18 Å². The highest BCUT2D eigenvalue weighted by Crippen LogP contribution is 2.26. The van der Waals surface area contributed by atoms with E-state index in [1.165, 1.54) is 89.9 Å². The number of ether oxygens (including phenoxy) is 2. The number of aliphatic hydroxyl groups is 4. The first-order valence-corrected chi connectivity index (χ1v) is 21.7. The molecule has 1 saturated heterocycles. The van der Waals surface area contributed by atoms with Crippen LogP contribution in [0.2, 0.25) is 0 Å². The summed E-state index contributed by atoms with van der Waals surface area (Å²) in [5.41, 5.74) is 0. The molecule has 53 heavy (non-hydrogen) atoms. The van der Waals surface area contributed by atoms with Gasteiger partial charge in [0.15, 0.2) is 6.29 Å². The summed E-state index contributed by atoms with van der Waals surface area (Å²) in [4.78, 5) is 12.9. The van der Waals surface area contributed by atoms with Crippen molar-refractivity contribution in [2.75, 3.05) is 13.2 Å². The Morgan fingerprint density at radius 1 is 0.755 bits per heavy atom. The van der Waals surface area contributed by atoms with E-state index in [1.54, 1.807) is 6.08 Å². The first-order valence-electron chi connectivity index (χ1n) is 20.4. The molecule has 6 N–H and O–H groups in total. The Bertz CT molecular complexity index is 1100. The molecule has 0 aromatic rings. The third kappa shape index (κ3) is 25.2. The molecule has 1 amide bonds. The molecule has 0 aromatic carbocycles. The molecule has 1 aliphatic heterocycles. The number of rotatable bonds is 33. The van der Waals surface area contributed by atoms with E-state index in [0.717, 1.165) is 38.5 Å². The van der Waals surface area contributed by atoms with Crippen LogP contribution in [-0.4, -0.2) is 95.4 Å². The Kier molecular flexibility index (Phi) is 29.3. The van der Waals surface area contributed by atoms with Gasteiger partial charge >= 0.3 is 10.4 Å². The van der Waals surface area contributed by atoms with Crippen molar-refractivity contribution in [2.24, 2.45) is 0 Å². The standard InChI is InChI=1S/C40H73NO11S/c1-3-5-7-9-11-13-15-17-19-21-23-25-27-29-34(43)33(32-50-40-38(46)39(52-53(47,48)49)37(45)35(31-42)51-40)41-36(44)30-28-26-24-22-20-18-16-14-12-10-8-6-4-2/h18,20,24,26-27,29,33-35,37-40,42-43,45-46H,3-17,19,21-23,25,28,30-32H2,1-2H3,(H,41,44)(H,47,48,49)/b20-18-,26-24-,29-27+. The van der Waals surface area contributed by atoms with Gasteiger partial charge < -0.3 is 35.2 Å². The average molecular weight is 776 g/mol. The van der Waals surface area contributed by atoms with Gasteiger partial charge in [0.1, 0.15) is 24.4 Å². The Labute approximate surface area is 320 Å². The lowest BCUT2D eigenvalue weighted by atomic mass is 9.99. The molecular weight excluding hydrogens is 703 g/mol. The highest BCUT2D eigenvalue weighted by molar-refractivity contribution is 7.80. The van der Waals surface area contributed by atoms with Crippen molar-refractivity contribution >= 4 is 16.3 Å². The van der Waals surface area contributed by atoms with E-state index in [-0.39, 0.29) is 18.9 Å². The van der Waals surface area contributed by atoms with Gasteiger partial charge in [-0.2, -0.15) is 8.42 Å². The molecule has 1 fully saturated rings. The van der Waals surface area contributed by atoms with Gasteiger partial charge in [0, 0.05) is 6.42 Å². The maximum atomic E-state index is 12.9. The van der Waals surface area contributed by atoms with Crippen LogP contribution in [0.1, 0.15) is 155 Å². The lowest BCUT2D eigenvalue weighted by Crippen LogP contribution is -2.61. The van der Waals surface area contributed by atoms with Crippen molar-refractivity contribution in [3.63, 3.8) is 0 Å². The highest BCUT2D eigenvalue weighted by Gasteiger charge is 2.48. The average Bonchev–Trinajstić information content (AvgIpc) is 3.12. The lowest BCUT2D eigenvalue weighted by molar-refractivity contribution is -0.298. The summed E-state index contributed by atoms with van der Waals surface area (Å²) in [6.45, 7) is 3.30. The summed E-state index contributed by atoms with van der Waals surface area (Å²) in [6.07, 6.45) is 26.3. The number of aliphatic hydroxyl groups excluding tert-OH is 4. The molecule has 1 heterocycles. The quantitative estimate of drug-likeness (QED) is 0.0234. The SMILES string of the molecule is CCCCCCCC/C=C\C/C=C\CCC(=O)NC(COC1OC(CO)C(O)C(OS(=O)(=O)O)C1O)C(O)/C=C/CCCCCCCCCCCCC. The van der Waals surface area contributed by atoms with Gasteiger partial charge in [-0.15, -0.1) is 0 Å². The molecule has 310 valence electrons. The predicted octanol–water partition coefficient (Wildman–Crippen LogP) is 6.77. The van der Waals surface area contributed by atoms with Gasteiger partial charge in [0.05, 0.1) is 25.4 Å². The first-order chi connectivity index (χ1) is 25.5. The number of allylic oxidation sites excluding steroid dienone is 5. The van der Waals surface area contributed by atoms with E-state index >= 15 is 0 Å². The number of nitrogens with one attached hydrogen (secondary N) is 1. The molecule has 0 aromatic heterocycles. The van der Waals surface area contributed by atoms with Crippen LogP contribution in [0.5, 0.6) is 0 Å². The van der Waals surface area contributed by atoms with E-state index in [2.05, 4.69) is 35.5 Å². The maximum Gasteiger partial charge on any atom is 0.397 e. The number of carbonyl (C=O) groups is 1. The lowest BCUT2D eigenvalue weighted by Gasteiger charge is -2.41. The molecule has 1 aliphatic rings. The van der Waals surface area contributed by atoms with Crippen molar-refractivity contribution in [3.05, 3.63) is 36.5 Å². The van der Waals surface area contributed by atoms with Crippen molar-refractivity contribution in [1.82, 2.24) is 5.32 Å². The van der Waals surface area contributed by atoms with Crippen molar-refractivity contribution in [3.8, 4) is 0 Å². The van der Waals surface area contributed by atoms with E-state index < -0.39 is 59.9 Å². The van der Waals surface area contributed by atoms with Gasteiger partial charge in [0.25, 0.3) is 0 Å². The van der Waals surface area contributed by atoms with Crippen LogP contribution in [0.3, 0.4) is 0 Å². The number of amides is 1. The Hall–Kier alpha value is -1.68. The third-order valence-corrected chi connectivity index (χ3v) is 9.89. The van der Waals surface area contributed by atoms with E-state index in [1.807, 2.05) is 18.2 Å². The minimum atomic E-state index is -5.09. The van der Waals surface area contributed by atoms with Gasteiger partial charge in [0.2, 0.25) is 5.91 Å². The van der Waals surface area contributed by atoms with Crippen LogP contribution in [0.4, 0.5) is 0 Å². The van der Waals surface area contributed by atoms with Crippen molar-refractivity contribution < 1.29 is 51.8 Å². The molecular formula is C40H73NO11S. The molecule has 7 unspecified atom stereocenters. The van der Waals surface area contributed by atoms with Crippen LogP contribution in [0.25, 0.3) is 0 Å². The second kappa shape index (κ2) is 31.5. The zero-order valence-electron chi connectivity index (χ0n) is 32.6. The Balaban J connectivity index is 2.67. The molecule has 12 nitrogen and oxygen atoms in total. The molecule has 0 spiro atoms. The largest absolute Gasteiger partial charge is 0.397 e. The fraction of sp³-hybridized carbons (Fsp3) is 0.825. The van der Waals surface area contributed by atoms with Crippen LogP contribution in [0.15, 0.2) is 36.5 Å². The number of carbonyl (C=O) groups excluding carboxylic acids is 1. The number of hydrogen-bond donors (Lipinski definition) is 6.